The molecular formula is C13H12N2O3. The van der Waals surface area contributed by atoms with E-state index in [1.807, 2.05) is 6.08 Å². The number of hydrogen-bond donors (Lipinski definition) is 1. The van der Waals surface area contributed by atoms with Crippen LogP contribution in [-0.2, 0) is 4.79 Å². The molecule has 5 nitrogen and oxygen atoms in total. The molecule has 1 heterocycles. The monoisotopic (exact) mass is 244 g/mol. The molecular weight excluding hydrogens is 232 g/mol. The number of carbonyl (C=O) groups is 1. The molecule has 0 saturated heterocycles. The molecule has 0 bridgehead atoms. The predicted octanol–water partition coefficient (Wildman–Crippen LogP) is 1.99. The molecule has 1 aliphatic carbocycles. The lowest BCUT2D eigenvalue weighted by Crippen LogP contribution is -2.18. The Kier molecular flexibility index (Phi) is 3.52. The lowest BCUT2D eigenvalue weighted by atomic mass is 10.0. The second-order valence-electron chi connectivity index (χ2n) is 3.88. The molecule has 2 aliphatic rings. The summed E-state index contributed by atoms with van der Waals surface area (Å²) in [4.78, 5) is 22.3. The first kappa shape index (κ1) is 12.0. The van der Waals surface area contributed by atoms with E-state index in [2.05, 4.69) is 5.32 Å². The van der Waals surface area contributed by atoms with Crippen LogP contribution in [0.3, 0.4) is 0 Å². The zero-order valence-electron chi connectivity index (χ0n) is 9.63. The van der Waals surface area contributed by atoms with Gasteiger partial charge in [-0.2, -0.15) is 0 Å². The normalized spacial score (nSPS) is 18.1. The Balaban J connectivity index is 2.19. The fourth-order valence-corrected chi connectivity index (χ4v) is 1.70. The third-order valence-electron chi connectivity index (χ3n) is 2.64. The van der Waals surface area contributed by atoms with E-state index in [4.69, 9.17) is 0 Å². The molecule has 0 aromatic heterocycles. The molecule has 0 aromatic rings. The molecule has 1 N–H and O–H groups in total. The van der Waals surface area contributed by atoms with Gasteiger partial charge in [0.1, 0.15) is 0 Å². The van der Waals surface area contributed by atoms with Crippen molar-refractivity contribution in [2.24, 2.45) is 0 Å². The highest BCUT2D eigenvalue weighted by Gasteiger charge is 2.16. The Labute approximate surface area is 104 Å². The third-order valence-corrected chi connectivity index (χ3v) is 2.64. The van der Waals surface area contributed by atoms with Crippen molar-refractivity contribution in [3.63, 3.8) is 0 Å². The zero-order valence-corrected chi connectivity index (χ0v) is 9.63. The number of hydrogen-bond acceptors (Lipinski definition) is 4. The fourth-order valence-electron chi connectivity index (χ4n) is 1.70. The van der Waals surface area contributed by atoms with Gasteiger partial charge < -0.3 is 5.32 Å². The lowest BCUT2D eigenvalue weighted by Gasteiger charge is -2.10. The SMILES string of the molecule is O=C(C1=CC=C([N+](=O)[O-])C=CC1)C1=CCC=CN1. The Hall–Kier alpha value is -2.43. The van der Waals surface area contributed by atoms with Crippen LogP contribution in [-0.4, -0.2) is 10.7 Å². The molecule has 0 saturated carbocycles. The van der Waals surface area contributed by atoms with Gasteiger partial charge in [0.2, 0.25) is 5.78 Å². The summed E-state index contributed by atoms with van der Waals surface area (Å²) in [5.74, 6) is -0.121. The van der Waals surface area contributed by atoms with Gasteiger partial charge in [-0.1, -0.05) is 18.2 Å². The predicted molar refractivity (Wildman–Crippen MR) is 66.9 cm³/mol. The number of ketones is 1. The van der Waals surface area contributed by atoms with Crippen molar-refractivity contribution in [2.45, 2.75) is 12.8 Å². The fraction of sp³-hybridized carbons (Fsp3) is 0.154. The van der Waals surface area contributed by atoms with E-state index in [9.17, 15) is 14.9 Å². The van der Waals surface area contributed by atoms with E-state index >= 15 is 0 Å². The maximum absolute atomic E-state index is 12.1. The molecule has 0 spiro atoms. The largest absolute Gasteiger partial charge is 0.359 e. The van der Waals surface area contributed by atoms with Crippen LogP contribution < -0.4 is 5.32 Å². The van der Waals surface area contributed by atoms with Gasteiger partial charge in [0.05, 0.1) is 10.6 Å². The summed E-state index contributed by atoms with van der Waals surface area (Å²) in [6.07, 6.45) is 12.5. The van der Waals surface area contributed by atoms with E-state index in [0.29, 0.717) is 24.1 Å². The van der Waals surface area contributed by atoms with Gasteiger partial charge >= 0.3 is 0 Å². The molecule has 1 aliphatic heterocycles. The summed E-state index contributed by atoms with van der Waals surface area (Å²) < 4.78 is 0. The topological polar surface area (TPSA) is 72.2 Å². The van der Waals surface area contributed by atoms with Gasteiger partial charge in [-0.25, -0.2) is 0 Å². The molecule has 0 fully saturated rings. The van der Waals surface area contributed by atoms with Crippen LogP contribution in [0.1, 0.15) is 12.8 Å². The minimum atomic E-state index is -0.471. The highest BCUT2D eigenvalue weighted by Crippen LogP contribution is 2.16. The molecule has 0 radical (unpaired) electrons. The second kappa shape index (κ2) is 5.27. The van der Waals surface area contributed by atoms with Crippen LogP contribution in [0, 0.1) is 10.1 Å². The number of allylic oxidation sites excluding steroid dienone is 7. The average molecular weight is 244 g/mol. The summed E-state index contributed by atoms with van der Waals surface area (Å²) in [6.45, 7) is 0. The lowest BCUT2D eigenvalue weighted by molar-refractivity contribution is -0.419. The van der Waals surface area contributed by atoms with Crippen LogP contribution in [0.2, 0.25) is 0 Å². The number of nitrogens with zero attached hydrogens (tertiary/aromatic N) is 1. The second-order valence-corrected chi connectivity index (χ2v) is 3.88. The van der Waals surface area contributed by atoms with Gasteiger partial charge in [-0.15, -0.1) is 0 Å². The van der Waals surface area contributed by atoms with E-state index < -0.39 is 4.92 Å². The maximum Gasteiger partial charge on any atom is 0.269 e. The maximum atomic E-state index is 12.1. The number of nitro groups is 1. The zero-order chi connectivity index (χ0) is 13.0. The summed E-state index contributed by atoms with van der Waals surface area (Å²) in [6, 6.07) is 0. The van der Waals surface area contributed by atoms with Crippen molar-refractivity contribution in [1.29, 1.82) is 0 Å². The summed E-state index contributed by atoms with van der Waals surface area (Å²) in [5, 5.41) is 13.5. The number of rotatable bonds is 3. The molecule has 0 atom stereocenters. The summed E-state index contributed by atoms with van der Waals surface area (Å²) in [7, 11) is 0. The molecule has 0 amide bonds. The highest BCUT2D eigenvalue weighted by atomic mass is 16.6. The Morgan fingerprint density at radius 2 is 2.17 bits per heavy atom. The summed E-state index contributed by atoms with van der Waals surface area (Å²) in [5.41, 5.74) is 1.05. The number of nitrogens with one attached hydrogen (secondary N) is 1. The standard InChI is InChI=1S/C13H12N2O3/c16-13(12-6-1-2-9-14-12)10-4-3-5-11(8-7-10)15(17)18/h2-3,5-9,14H,1,4H2. The van der Waals surface area contributed by atoms with E-state index in [1.165, 1.54) is 18.2 Å². The Morgan fingerprint density at radius 1 is 1.33 bits per heavy atom. The average Bonchev–Trinajstić information content (AvgIpc) is 2.64. The van der Waals surface area contributed by atoms with Crippen molar-refractivity contribution >= 4 is 5.78 Å². The summed E-state index contributed by atoms with van der Waals surface area (Å²) >= 11 is 0. The molecule has 18 heavy (non-hydrogen) atoms. The van der Waals surface area contributed by atoms with Crippen LogP contribution in [0.25, 0.3) is 0 Å². The van der Waals surface area contributed by atoms with Crippen LogP contribution >= 0.6 is 0 Å². The van der Waals surface area contributed by atoms with Crippen molar-refractivity contribution < 1.29 is 9.72 Å². The first-order chi connectivity index (χ1) is 8.68. The first-order valence-corrected chi connectivity index (χ1v) is 5.56. The number of Topliss-reactive ketones (excluding diaryl/α,β-unsaturated/α-hetero) is 1. The molecule has 92 valence electrons. The van der Waals surface area contributed by atoms with Crippen molar-refractivity contribution in [3.8, 4) is 0 Å². The number of dihydropyridines is 1. The quantitative estimate of drug-likeness (QED) is 0.608. The van der Waals surface area contributed by atoms with Crippen LogP contribution in [0.5, 0.6) is 0 Å². The minimum Gasteiger partial charge on any atom is -0.359 e. The van der Waals surface area contributed by atoms with Crippen LogP contribution in [0.4, 0.5) is 0 Å². The molecule has 2 rings (SSSR count). The molecule has 0 unspecified atom stereocenters. The van der Waals surface area contributed by atoms with Crippen molar-refractivity contribution in [3.05, 3.63) is 69.7 Å². The van der Waals surface area contributed by atoms with E-state index in [0.717, 1.165) is 0 Å². The van der Waals surface area contributed by atoms with Gasteiger partial charge in [0, 0.05) is 17.7 Å². The van der Waals surface area contributed by atoms with Crippen LogP contribution in [0.15, 0.2) is 59.6 Å². The van der Waals surface area contributed by atoms with Gasteiger partial charge in [-0.3, -0.25) is 14.9 Å². The van der Waals surface area contributed by atoms with Gasteiger partial charge in [0.15, 0.2) is 0 Å². The Morgan fingerprint density at radius 3 is 2.83 bits per heavy atom. The third kappa shape index (κ3) is 2.63. The molecule has 0 aromatic carbocycles. The minimum absolute atomic E-state index is 0.0109. The Bertz CT molecular complexity index is 536. The molecule has 5 heteroatoms. The van der Waals surface area contributed by atoms with E-state index in [1.54, 1.807) is 18.4 Å². The van der Waals surface area contributed by atoms with Gasteiger partial charge in [0.25, 0.3) is 5.70 Å². The van der Waals surface area contributed by atoms with Gasteiger partial charge in [-0.05, 0) is 25.1 Å². The van der Waals surface area contributed by atoms with E-state index in [-0.39, 0.29) is 11.5 Å². The number of carbonyl (C=O) groups excluding carboxylic acids is 1. The van der Waals surface area contributed by atoms with Crippen molar-refractivity contribution in [1.82, 2.24) is 5.32 Å². The highest BCUT2D eigenvalue weighted by molar-refractivity contribution is 6.08. The smallest absolute Gasteiger partial charge is 0.269 e. The van der Waals surface area contributed by atoms with Crippen molar-refractivity contribution in [2.75, 3.05) is 0 Å². The first-order valence-electron chi connectivity index (χ1n) is 5.56.